The highest BCUT2D eigenvalue weighted by atomic mass is 32.2. The summed E-state index contributed by atoms with van der Waals surface area (Å²) in [7, 11) is -2.74. The number of nitriles is 1. The second kappa shape index (κ2) is 11.6. The molecule has 2 aromatic heterocycles. The first-order chi connectivity index (χ1) is 21.1. The van der Waals surface area contributed by atoms with Gasteiger partial charge in [-0.3, -0.25) is 9.59 Å². The Morgan fingerprint density at radius 2 is 1.93 bits per heavy atom. The lowest BCUT2D eigenvalue weighted by Crippen LogP contribution is -2.59. The van der Waals surface area contributed by atoms with Gasteiger partial charge < -0.3 is 9.47 Å². The molecule has 44 heavy (non-hydrogen) atoms. The molecule has 1 aliphatic heterocycles. The Labute approximate surface area is 254 Å². The number of hydrogen-bond donors (Lipinski definition) is 0. The summed E-state index contributed by atoms with van der Waals surface area (Å²) in [6.45, 7) is 1.55. The van der Waals surface area contributed by atoms with Crippen LogP contribution >= 0.6 is 0 Å². The van der Waals surface area contributed by atoms with Gasteiger partial charge in [0.25, 0.3) is 5.56 Å². The number of anilines is 1. The average Bonchev–Trinajstić information content (AvgIpc) is 3.47. The van der Waals surface area contributed by atoms with Gasteiger partial charge in [-0.05, 0) is 56.5 Å². The summed E-state index contributed by atoms with van der Waals surface area (Å²) in [6, 6.07) is 8.13. The minimum absolute atomic E-state index is 0.0575. The molecule has 0 unspecified atom stereocenters. The molecule has 2 aliphatic rings. The van der Waals surface area contributed by atoms with E-state index in [0.717, 1.165) is 42.1 Å². The fourth-order valence-electron chi connectivity index (χ4n) is 6.03. The van der Waals surface area contributed by atoms with Crippen molar-refractivity contribution in [2.45, 2.75) is 69.0 Å². The maximum Gasteiger partial charge on any atom is 0.274 e. The van der Waals surface area contributed by atoms with Crippen LogP contribution in [0.4, 0.5) is 10.1 Å². The Morgan fingerprint density at radius 3 is 2.64 bits per heavy atom. The smallest absolute Gasteiger partial charge is 0.274 e. The highest BCUT2D eigenvalue weighted by Crippen LogP contribution is 2.33. The number of hydrogen-bond acceptors (Lipinski definition) is 7. The van der Waals surface area contributed by atoms with Gasteiger partial charge in [-0.1, -0.05) is 19.3 Å². The number of nitrogens with zero attached hydrogens (tertiary/aromatic N) is 7. The van der Waals surface area contributed by atoms with Crippen molar-refractivity contribution in [3.8, 4) is 6.07 Å². The Kier molecular flexibility index (Phi) is 7.81. The highest BCUT2D eigenvalue weighted by Gasteiger charge is 2.45. The summed E-state index contributed by atoms with van der Waals surface area (Å²) in [4.78, 5) is 32.5. The maximum absolute atomic E-state index is 14.6. The molecule has 1 saturated carbocycles. The molecule has 1 saturated heterocycles. The number of carbonyl (C=O) groups is 1. The first kappa shape index (κ1) is 29.7. The van der Waals surface area contributed by atoms with Crippen LogP contribution < -0.4 is 10.5 Å². The third-order valence-electron chi connectivity index (χ3n) is 8.78. The lowest BCUT2D eigenvalue weighted by Gasteiger charge is -2.41. The van der Waals surface area contributed by atoms with Gasteiger partial charge in [-0.2, -0.15) is 14.7 Å². The number of benzene rings is 2. The highest BCUT2D eigenvalue weighted by molar-refractivity contribution is 7.89. The second-order valence-corrected chi connectivity index (χ2v) is 13.4. The number of carbonyl (C=O) groups excluding carboxylic acids is 1. The number of rotatable bonds is 7. The Hall–Kier alpha value is -4.41. The van der Waals surface area contributed by atoms with Gasteiger partial charge in [0.1, 0.15) is 11.9 Å². The Balaban J connectivity index is 1.35. The van der Waals surface area contributed by atoms with Crippen LogP contribution in [0.1, 0.15) is 61.4 Å². The van der Waals surface area contributed by atoms with Gasteiger partial charge in [-0.15, -0.1) is 0 Å². The Morgan fingerprint density at radius 1 is 1.16 bits per heavy atom. The molecule has 0 bridgehead atoms. The molecule has 1 aliphatic carbocycles. The van der Waals surface area contributed by atoms with Crippen molar-refractivity contribution in [2.24, 2.45) is 7.05 Å². The Bertz CT molecular complexity index is 1970. The number of imidazole rings is 1. The van der Waals surface area contributed by atoms with E-state index in [4.69, 9.17) is 0 Å². The van der Waals surface area contributed by atoms with Crippen molar-refractivity contribution in [1.29, 1.82) is 5.26 Å². The normalized spacial score (nSPS) is 17.7. The largest absolute Gasteiger partial charge is 0.334 e. The summed E-state index contributed by atoms with van der Waals surface area (Å²) in [6.07, 6.45) is 11.2. The molecule has 0 spiro atoms. The van der Waals surface area contributed by atoms with Crippen molar-refractivity contribution >= 4 is 32.4 Å². The van der Waals surface area contributed by atoms with E-state index in [1.54, 1.807) is 37.8 Å². The molecule has 6 rings (SSSR count). The molecule has 4 aromatic rings. The van der Waals surface area contributed by atoms with Gasteiger partial charge in [0.2, 0.25) is 15.9 Å². The van der Waals surface area contributed by atoms with E-state index in [1.165, 1.54) is 22.9 Å². The van der Waals surface area contributed by atoms with E-state index in [2.05, 4.69) is 14.6 Å². The van der Waals surface area contributed by atoms with E-state index in [9.17, 15) is 27.7 Å². The van der Waals surface area contributed by atoms with Gasteiger partial charge in [-0.25, -0.2) is 22.5 Å². The van der Waals surface area contributed by atoms with Crippen LogP contribution in [0.25, 0.3) is 10.8 Å². The minimum atomic E-state index is -4.29. The van der Waals surface area contributed by atoms with E-state index in [0.29, 0.717) is 28.2 Å². The molecule has 2 aromatic carbocycles. The van der Waals surface area contributed by atoms with Gasteiger partial charge in [0.05, 0.1) is 46.7 Å². The van der Waals surface area contributed by atoms with Gasteiger partial charge in [0.15, 0.2) is 0 Å². The molecular weight excluding hydrogens is 585 g/mol. The van der Waals surface area contributed by atoms with Gasteiger partial charge in [0, 0.05) is 42.5 Å². The van der Waals surface area contributed by atoms with Crippen molar-refractivity contribution in [1.82, 2.24) is 23.6 Å². The maximum atomic E-state index is 14.6. The van der Waals surface area contributed by atoms with E-state index < -0.39 is 27.8 Å². The first-order valence-corrected chi connectivity index (χ1v) is 16.0. The van der Waals surface area contributed by atoms with Crippen molar-refractivity contribution in [3.63, 3.8) is 0 Å². The summed E-state index contributed by atoms with van der Waals surface area (Å²) >= 11 is 0. The summed E-state index contributed by atoms with van der Waals surface area (Å²) in [5.41, 5.74) is 0.790. The molecule has 2 fully saturated rings. The molecular formula is C31H32FN7O4S. The zero-order valence-electron chi connectivity index (χ0n) is 24.5. The third kappa shape index (κ3) is 5.28. The first-order valence-electron chi connectivity index (χ1n) is 14.6. The van der Waals surface area contributed by atoms with Crippen LogP contribution in [0, 0.1) is 24.1 Å². The number of amides is 1. The monoisotopic (exact) mass is 617 g/mol. The molecule has 3 heterocycles. The topological polar surface area (TPSA) is 134 Å². The number of sulfonamides is 1. The number of aryl methyl sites for hydroxylation is 1. The van der Waals surface area contributed by atoms with Crippen LogP contribution in [-0.4, -0.2) is 50.5 Å². The van der Waals surface area contributed by atoms with Gasteiger partial charge >= 0.3 is 0 Å². The molecule has 1 atom stereocenters. The molecule has 228 valence electrons. The summed E-state index contributed by atoms with van der Waals surface area (Å²) in [5, 5.41) is 14.5. The lowest BCUT2D eigenvalue weighted by atomic mass is 9.95. The quantitative estimate of drug-likeness (QED) is 0.307. The average molecular weight is 618 g/mol. The van der Waals surface area contributed by atoms with E-state index in [-0.39, 0.29) is 41.1 Å². The third-order valence-corrected chi connectivity index (χ3v) is 10.7. The minimum Gasteiger partial charge on any atom is -0.334 e. The fourth-order valence-corrected chi connectivity index (χ4v) is 7.69. The van der Waals surface area contributed by atoms with Crippen LogP contribution in [-0.2, 0) is 28.4 Å². The SMILES string of the molecule is Cc1c(F)cc(S(=O)(=O)N2CC[C@@H]2C(=O)N(Cc2cn(C3CCCCC3)cn2)c2ccc3c(=O)n(C)ncc3c2)cc1C#N. The molecule has 11 nitrogen and oxygen atoms in total. The van der Waals surface area contributed by atoms with Crippen molar-refractivity contribution < 1.29 is 17.6 Å². The van der Waals surface area contributed by atoms with Crippen LogP contribution in [0.15, 0.2) is 58.7 Å². The van der Waals surface area contributed by atoms with E-state index in [1.807, 2.05) is 12.3 Å². The van der Waals surface area contributed by atoms with Crippen molar-refractivity contribution in [2.75, 3.05) is 11.4 Å². The standard InChI is InChI=1S/C31H32FN7O4S/c1-20-21(15-33)13-26(14-28(20)32)44(42,43)39-11-10-29(39)31(41)38(18-23-17-37(19-34-23)24-6-4-3-5-7-24)25-8-9-27-22(12-25)16-35-36(2)30(27)40/h8-9,12-14,16-17,19,24,29H,3-7,10-11,18H2,1-2H3/t29-/m1/s1. The zero-order chi connectivity index (χ0) is 31.2. The fraction of sp³-hybridized carbons (Fsp3) is 0.387. The molecule has 1 amide bonds. The zero-order valence-corrected chi connectivity index (χ0v) is 25.3. The predicted octanol–water partition coefficient (Wildman–Crippen LogP) is 3.95. The molecule has 0 radical (unpaired) electrons. The molecule has 0 N–H and O–H groups in total. The van der Waals surface area contributed by atoms with Crippen LogP contribution in [0.3, 0.4) is 0 Å². The number of aromatic nitrogens is 4. The lowest BCUT2D eigenvalue weighted by molar-refractivity contribution is -0.125. The number of halogens is 1. The second-order valence-electron chi connectivity index (χ2n) is 11.5. The van der Waals surface area contributed by atoms with Crippen LogP contribution in [0.5, 0.6) is 0 Å². The predicted molar refractivity (Wildman–Crippen MR) is 161 cm³/mol. The van der Waals surface area contributed by atoms with Crippen LogP contribution in [0.2, 0.25) is 0 Å². The molecule has 13 heteroatoms. The summed E-state index contributed by atoms with van der Waals surface area (Å²) < 4.78 is 46.2. The number of fused-ring (bicyclic) bond motifs is 1. The summed E-state index contributed by atoms with van der Waals surface area (Å²) in [5.74, 6) is -1.28. The van der Waals surface area contributed by atoms with E-state index >= 15 is 0 Å². The van der Waals surface area contributed by atoms with Crippen molar-refractivity contribution in [3.05, 3.63) is 82.0 Å².